The monoisotopic (exact) mass is 378 g/mol. The molecule has 6 heteroatoms. The van der Waals surface area contributed by atoms with Crippen LogP contribution in [-0.2, 0) is 18.8 Å². The molecule has 0 heterocycles. The van der Waals surface area contributed by atoms with Gasteiger partial charge in [0.2, 0.25) is 0 Å². The summed E-state index contributed by atoms with van der Waals surface area (Å²) in [6.45, 7) is 3.45. The number of aliphatic imine (C=N–C) groups is 1. The van der Waals surface area contributed by atoms with Crippen LogP contribution in [-0.4, -0.2) is 26.5 Å². The Morgan fingerprint density at radius 2 is 1.93 bits per heavy atom. The summed E-state index contributed by atoms with van der Waals surface area (Å²) in [4.78, 5) is 4.20. The highest BCUT2D eigenvalue weighted by Crippen LogP contribution is 2.31. The number of nitrogens with one attached hydrogen (secondary N) is 1. The number of halogens is 3. The van der Waals surface area contributed by atoms with E-state index in [1.165, 1.54) is 31.4 Å². The summed E-state index contributed by atoms with van der Waals surface area (Å²) in [6, 6.07) is 9.14. The van der Waals surface area contributed by atoms with Crippen molar-refractivity contribution in [3.05, 3.63) is 64.5 Å². The second-order valence-corrected chi connectivity index (χ2v) is 6.28. The van der Waals surface area contributed by atoms with Crippen LogP contribution < -0.4 is 10.1 Å². The summed E-state index contributed by atoms with van der Waals surface area (Å²) in [6.07, 6.45) is 0.700. The number of aryl methyl sites for hydroxylation is 1. The quantitative estimate of drug-likeness (QED) is 0.559. The Balaban J connectivity index is 2.37. The molecule has 0 aliphatic rings. The average molecular weight is 378 g/mol. The van der Waals surface area contributed by atoms with E-state index in [1.807, 2.05) is 6.92 Å². The number of ether oxygens (including phenoxy) is 1. The molecule has 2 aromatic carbocycles. The molecular formula is C21H25F3N2O. The molecular weight excluding hydrogens is 353 g/mol. The fourth-order valence-electron chi connectivity index (χ4n) is 3.00. The van der Waals surface area contributed by atoms with Crippen LogP contribution in [0.1, 0.15) is 36.1 Å². The second kappa shape index (κ2) is 8.93. The first-order valence-electron chi connectivity index (χ1n) is 8.85. The smallest absolute Gasteiger partial charge is 0.270 e. The Morgan fingerprint density at radius 3 is 2.52 bits per heavy atom. The van der Waals surface area contributed by atoms with Crippen LogP contribution in [0.25, 0.3) is 0 Å². The van der Waals surface area contributed by atoms with Gasteiger partial charge < -0.3 is 10.1 Å². The predicted molar refractivity (Wildman–Crippen MR) is 103 cm³/mol. The lowest BCUT2D eigenvalue weighted by atomic mass is 9.96. The van der Waals surface area contributed by atoms with Crippen LogP contribution in [0.15, 0.2) is 41.4 Å². The summed E-state index contributed by atoms with van der Waals surface area (Å²) < 4.78 is 47.1. The van der Waals surface area contributed by atoms with Crippen molar-refractivity contribution in [2.24, 2.45) is 4.99 Å². The van der Waals surface area contributed by atoms with Gasteiger partial charge in [0.1, 0.15) is 17.4 Å². The summed E-state index contributed by atoms with van der Waals surface area (Å²) in [5.74, 6) is -2.18. The zero-order valence-corrected chi connectivity index (χ0v) is 16.1. The Hall–Kier alpha value is -2.50. The SMILES string of the molecule is CCNC(=NC)c1cccc(F)c1CCc1cc(C(C)(F)F)ccc1OC. The van der Waals surface area contributed by atoms with Crippen molar-refractivity contribution in [1.82, 2.24) is 5.32 Å². The number of rotatable bonds is 7. The number of hydrogen-bond donors (Lipinski definition) is 1. The zero-order valence-electron chi connectivity index (χ0n) is 16.1. The summed E-state index contributed by atoms with van der Waals surface area (Å²) in [5.41, 5.74) is 1.70. The fraction of sp³-hybridized carbons (Fsp3) is 0.381. The first-order valence-corrected chi connectivity index (χ1v) is 8.85. The maximum atomic E-state index is 14.5. The highest BCUT2D eigenvalue weighted by atomic mass is 19.3. The van der Waals surface area contributed by atoms with E-state index in [9.17, 15) is 13.2 Å². The van der Waals surface area contributed by atoms with Gasteiger partial charge in [0.25, 0.3) is 5.92 Å². The van der Waals surface area contributed by atoms with E-state index in [-0.39, 0.29) is 11.4 Å². The minimum atomic E-state index is -2.95. The van der Waals surface area contributed by atoms with Crippen molar-refractivity contribution in [3.63, 3.8) is 0 Å². The number of amidine groups is 1. The fourth-order valence-corrected chi connectivity index (χ4v) is 3.00. The molecule has 0 bridgehead atoms. The number of hydrogen-bond acceptors (Lipinski definition) is 2. The lowest BCUT2D eigenvalue weighted by molar-refractivity contribution is 0.0173. The molecule has 0 unspecified atom stereocenters. The normalized spacial score (nSPS) is 12.2. The summed E-state index contributed by atoms with van der Waals surface area (Å²) >= 11 is 0. The molecule has 146 valence electrons. The lowest BCUT2D eigenvalue weighted by Gasteiger charge is -2.17. The van der Waals surface area contributed by atoms with E-state index in [0.29, 0.717) is 47.7 Å². The molecule has 0 saturated heterocycles. The molecule has 0 amide bonds. The third-order valence-corrected chi connectivity index (χ3v) is 4.37. The van der Waals surface area contributed by atoms with Gasteiger partial charge in [-0.25, -0.2) is 13.2 Å². The van der Waals surface area contributed by atoms with Crippen molar-refractivity contribution >= 4 is 5.84 Å². The molecule has 0 aliphatic carbocycles. The van der Waals surface area contributed by atoms with E-state index < -0.39 is 5.92 Å². The first-order chi connectivity index (χ1) is 12.8. The molecule has 0 saturated carbocycles. The summed E-state index contributed by atoms with van der Waals surface area (Å²) in [5, 5.41) is 3.13. The van der Waals surface area contributed by atoms with Gasteiger partial charge in [-0.05, 0) is 55.2 Å². The highest BCUT2D eigenvalue weighted by molar-refractivity contribution is 6.00. The van der Waals surface area contributed by atoms with Crippen molar-refractivity contribution in [2.75, 3.05) is 20.7 Å². The minimum absolute atomic E-state index is 0.0875. The molecule has 1 N–H and O–H groups in total. The van der Waals surface area contributed by atoms with Crippen LogP contribution in [0.5, 0.6) is 5.75 Å². The third kappa shape index (κ3) is 5.02. The second-order valence-electron chi connectivity index (χ2n) is 6.28. The molecule has 27 heavy (non-hydrogen) atoms. The maximum Gasteiger partial charge on any atom is 0.270 e. The van der Waals surface area contributed by atoms with Gasteiger partial charge in [-0.15, -0.1) is 0 Å². The molecule has 2 aromatic rings. The molecule has 0 radical (unpaired) electrons. The lowest BCUT2D eigenvalue weighted by Crippen LogP contribution is -2.25. The van der Waals surface area contributed by atoms with Crippen molar-refractivity contribution in [3.8, 4) is 5.75 Å². The number of alkyl halides is 2. The van der Waals surface area contributed by atoms with Gasteiger partial charge in [0, 0.05) is 31.6 Å². The summed E-state index contributed by atoms with van der Waals surface area (Å²) in [7, 11) is 3.13. The van der Waals surface area contributed by atoms with E-state index in [2.05, 4.69) is 10.3 Å². The van der Waals surface area contributed by atoms with Gasteiger partial charge in [-0.1, -0.05) is 12.1 Å². The van der Waals surface area contributed by atoms with Crippen LogP contribution in [0.2, 0.25) is 0 Å². The largest absolute Gasteiger partial charge is 0.496 e. The first kappa shape index (κ1) is 20.8. The van der Waals surface area contributed by atoms with Gasteiger partial charge in [0.15, 0.2) is 0 Å². The molecule has 0 atom stereocenters. The number of nitrogens with zero attached hydrogens (tertiary/aromatic N) is 1. The standard InChI is InChI=1S/C21H25F3N2O/c1-5-26-20(25-3)17-7-6-8-18(22)16(17)11-9-14-13-15(21(2,23)24)10-12-19(14)27-4/h6-8,10,12-13H,5,9,11H2,1-4H3,(H,25,26). The van der Waals surface area contributed by atoms with Crippen molar-refractivity contribution in [2.45, 2.75) is 32.6 Å². The molecule has 0 aromatic heterocycles. The van der Waals surface area contributed by atoms with Crippen molar-refractivity contribution < 1.29 is 17.9 Å². The van der Waals surface area contributed by atoms with Crippen LogP contribution >= 0.6 is 0 Å². The minimum Gasteiger partial charge on any atom is -0.496 e. The Bertz CT molecular complexity index is 814. The van der Waals surface area contributed by atoms with E-state index in [1.54, 1.807) is 19.2 Å². The molecule has 2 rings (SSSR count). The van der Waals surface area contributed by atoms with E-state index in [4.69, 9.17) is 4.74 Å². The zero-order chi connectivity index (χ0) is 20.0. The van der Waals surface area contributed by atoms with Gasteiger partial charge >= 0.3 is 0 Å². The third-order valence-electron chi connectivity index (χ3n) is 4.37. The van der Waals surface area contributed by atoms with E-state index in [0.717, 1.165) is 6.92 Å². The number of benzene rings is 2. The molecule has 0 fully saturated rings. The van der Waals surface area contributed by atoms with Crippen LogP contribution in [0.4, 0.5) is 13.2 Å². The maximum absolute atomic E-state index is 14.5. The molecule has 0 aliphatic heterocycles. The Labute approximate surface area is 158 Å². The van der Waals surface area contributed by atoms with Crippen LogP contribution in [0.3, 0.4) is 0 Å². The Morgan fingerprint density at radius 1 is 1.19 bits per heavy atom. The highest BCUT2D eigenvalue weighted by Gasteiger charge is 2.25. The predicted octanol–water partition coefficient (Wildman–Crippen LogP) is 4.72. The average Bonchev–Trinajstić information content (AvgIpc) is 2.64. The van der Waals surface area contributed by atoms with Crippen LogP contribution in [0, 0.1) is 5.82 Å². The number of methoxy groups -OCH3 is 1. The molecule has 0 spiro atoms. The van der Waals surface area contributed by atoms with Gasteiger partial charge in [-0.3, -0.25) is 4.99 Å². The Kier molecular flexibility index (Phi) is 6.88. The molecule has 3 nitrogen and oxygen atoms in total. The van der Waals surface area contributed by atoms with Crippen molar-refractivity contribution in [1.29, 1.82) is 0 Å². The topological polar surface area (TPSA) is 33.6 Å². The van der Waals surface area contributed by atoms with Gasteiger partial charge in [0.05, 0.1) is 7.11 Å². The van der Waals surface area contributed by atoms with Gasteiger partial charge in [-0.2, -0.15) is 0 Å². The van der Waals surface area contributed by atoms with E-state index >= 15 is 0 Å².